The summed E-state index contributed by atoms with van der Waals surface area (Å²) in [7, 11) is 0. The Bertz CT molecular complexity index is 398. The number of anilines is 1. The fraction of sp³-hybridized carbons (Fsp3) is 0.636. The van der Waals surface area contributed by atoms with Gasteiger partial charge in [-0.05, 0) is 18.6 Å². The molecule has 0 saturated carbocycles. The van der Waals surface area contributed by atoms with Crippen molar-refractivity contribution in [2.45, 2.75) is 32.4 Å². The molecule has 2 heterocycles. The van der Waals surface area contributed by atoms with Crippen LogP contribution in [0, 0.1) is 0 Å². The third-order valence-electron chi connectivity index (χ3n) is 2.65. The molecule has 5 heteroatoms. The standard InChI is InChI=1S/C11H17N3OS/c1-2-5-14-6-4-12-10(11(14)15)13-9-3-7-16-8-9/h4,6,9H,2-3,5,7-8H2,1H3,(H,12,13). The van der Waals surface area contributed by atoms with Crippen molar-refractivity contribution >= 4 is 17.6 Å². The van der Waals surface area contributed by atoms with Crippen LogP contribution in [0.25, 0.3) is 0 Å². The van der Waals surface area contributed by atoms with Gasteiger partial charge in [0.2, 0.25) is 0 Å². The van der Waals surface area contributed by atoms with Gasteiger partial charge in [0.1, 0.15) is 0 Å². The number of hydrogen-bond acceptors (Lipinski definition) is 4. The molecule has 1 saturated heterocycles. The molecule has 1 N–H and O–H groups in total. The second-order valence-electron chi connectivity index (χ2n) is 3.98. The summed E-state index contributed by atoms with van der Waals surface area (Å²) in [5, 5.41) is 3.24. The molecule has 2 rings (SSSR count). The first-order valence-corrected chi connectivity index (χ1v) is 6.86. The summed E-state index contributed by atoms with van der Waals surface area (Å²) >= 11 is 1.92. The van der Waals surface area contributed by atoms with Crippen LogP contribution in [0.5, 0.6) is 0 Å². The monoisotopic (exact) mass is 239 g/mol. The molecule has 4 nitrogen and oxygen atoms in total. The van der Waals surface area contributed by atoms with Crippen molar-refractivity contribution in [3.63, 3.8) is 0 Å². The van der Waals surface area contributed by atoms with Crippen molar-refractivity contribution in [3.05, 3.63) is 22.7 Å². The van der Waals surface area contributed by atoms with Gasteiger partial charge in [0, 0.05) is 30.7 Å². The molecule has 1 aliphatic rings. The van der Waals surface area contributed by atoms with Gasteiger partial charge < -0.3 is 9.88 Å². The lowest BCUT2D eigenvalue weighted by Gasteiger charge is -2.12. The van der Waals surface area contributed by atoms with Crippen molar-refractivity contribution in [2.75, 3.05) is 16.8 Å². The Hall–Kier alpha value is -0.970. The highest BCUT2D eigenvalue weighted by Crippen LogP contribution is 2.19. The number of nitrogens with one attached hydrogen (secondary N) is 1. The fourth-order valence-corrected chi connectivity index (χ4v) is 2.96. The van der Waals surface area contributed by atoms with E-state index in [9.17, 15) is 4.79 Å². The smallest absolute Gasteiger partial charge is 0.293 e. The third-order valence-corrected chi connectivity index (χ3v) is 3.81. The van der Waals surface area contributed by atoms with E-state index in [-0.39, 0.29) is 5.56 Å². The number of rotatable bonds is 4. The SMILES string of the molecule is CCCn1ccnc(NC2CCSC2)c1=O. The van der Waals surface area contributed by atoms with Crippen LogP contribution in [-0.2, 0) is 6.54 Å². The van der Waals surface area contributed by atoms with Crippen LogP contribution in [0.15, 0.2) is 17.2 Å². The van der Waals surface area contributed by atoms with E-state index in [0.717, 1.165) is 25.1 Å². The number of nitrogens with zero attached hydrogens (tertiary/aromatic N) is 2. The first-order chi connectivity index (χ1) is 7.81. The topological polar surface area (TPSA) is 46.9 Å². The molecular weight excluding hydrogens is 222 g/mol. The summed E-state index contributed by atoms with van der Waals surface area (Å²) in [6, 6.07) is 0.405. The molecule has 0 aromatic carbocycles. The van der Waals surface area contributed by atoms with Crippen LogP contribution < -0.4 is 10.9 Å². The Labute approximate surface area is 99.5 Å². The summed E-state index contributed by atoms with van der Waals surface area (Å²) < 4.78 is 1.72. The zero-order valence-electron chi connectivity index (χ0n) is 9.48. The Morgan fingerprint density at radius 1 is 1.69 bits per heavy atom. The van der Waals surface area contributed by atoms with Crippen molar-refractivity contribution in [2.24, 2.45) is 0 Å². The lowest BCUT2D eigenvalue weighted by atomic mass is 10.2. The molecular formula is C11H17N3OS. The van der Waals surface area contributed by atoms with Crippen LogP contribution >= 0.6 is 11.8 Å². The van der Waals surface area contributed by atoms with Crippen molar-refractivity contribution in [3.8, 4) is 0 Å². The van der Waals surface area contributed by atoms with E-state index in [2.05, 4.69) is 17.2 Å². The Balaban J connectivity index is 2.13. The molecule has 1 unspecified atom stereocenters. The van der Waals surface area contributed by atoms with Crippen LogP contribution in [0.2, 0.25) is 0 Å². The van der Waals surface area contributed by atoms with Gasteiger partial charge in [-0.3, -0.25) is 4.79 Å². The lowest BCUT2D eigenvalue weighted by molar-refractivity contribution is 0.647. The molecule has 1 aromatic rings. The first-order valence-electron chi connectivity index (χ1n) is 5.71. The molecule has 1 aromatic heterocycles. The summed E-state index contributed by atoms with van der Waals surface area (Å²) in [5.74, 6) is 2.75. The van der Waals surface area contributed by atoms with Gasteiger partial charge in [0.05, 0.1) is 0 Å². The van der Waals surface area contributed by atoms with E-state index in [1.807, 2.05) is 11.8 Å². The highest BCUT2D eigenvalue weighted by molar-refractivity contribution is 7.99. The van der Waals surface area contributed by atoms with Crippen LogP contribution in [-0.4, -0.2) is 27.1 Å². The zero-order chi connectivity index (χ0) is 11.4. The Morgan fingerprint density at radius 3 is 3.25 bits per heavy atom. The average Bonchev–Trinajstić information content (AvgIpc) is 2.77. The van der Waals surface area contributed by atoms with Crippen molar-refractivity contribution in [1.29, 1.82) is 0 Å². The fourth-order valence-electron chi connectivity index (χ4n) is 1.80. The second-order valence-corrected chi connectivity index (χ2v) is 5.13. The van der Waals surface area contributed by atoms with Crippen LogP contribution in [0.4, 0.5) is 5.82 Å². The van der Waals surface area contributed by atoms with Crippen LogP contribution in [0.3, 0.4) is 0 Å². The normalized spacial score (nSPS) is 19.9. The largest absolute Gasteiger partial charge is 0.362 e. The number of thioether (sulfide) groups is 1. The maximum atomic E-state index is 12.0. The minimum atomic E-state index is 0.00116. The van der Waals surface area contributed by atoms with Crippen LogP contribution in [0.1, 0.15) is 19.8 Å². The van der Waals surface area contributed by atoms with E-state index in [1.165, 1.54) is 5.75 Å². The molecule has 1 aliphatic heterocycles. The summed E-state index contributed by atoms with van der Waals surface area (Å²) in [5.41, 5.74) is 0.00116. The van der Waals surface area contributed by atoms with Gasteiger partial charge in [0.25, 0.3) is 5.56 Å². The first kappa shape index (κ1) is 11.5. The molecule has 0 bridgehead atoms. The summed E-state index contributed by atoms with van der Waals surface area (Å²) in [6.07, 6.45) is 5.53. The van der Waals surface area contributed by atoms with E-state index in [1.54, 1.807) is 17.0 Å². The van der Waals surface area contributed by atoms with Crippen molar-refractivity contribution in [1.82, 2.24) is 9.55 Å². The number of aryl methyl sites for hydroxylation is 1. The second kappa shape index (κ2) is 5.39. The lowest BCUT2D eigenvalue weighted by Crippen LogP contribution is -2.29. The van der Waals surface area contributed by atoms with Gasteiger partial charge in [-0.1, -0.05) is 6.92 Å². The molecule has 0 radical (unpaired) electrons. The molecule has 0 spiro atoms. The van der Waals surface area contributed by atoms with Gasteiger partial charge in [-0.25, -0.2) is 4.98 Å². The predicted octanol–water partition coefficient (Wildman–Crippen LogP) is 1.57. The zero-order valence-corrected chi connectivity index (χ0v) is 10.3. The molecule has 16 heavy (non-hydrogen) atoms. The third kappa shape index (κ3) is 2.58. The quantitative estimate of drug-likeness (QED) is 0.866. The van der Waals surface area contributed by atoms with Gasteiger partial charge in [0.15, 0.2) is 5.82 Å². The minimum Gasteiger partial charge on any atom is -0.362 e. The minimum absolute atomic E-state index is 0.00116. The van der Waals surface area contributed by atoms with Gasteiger partial charge >= 0.3 is 0 Å². The predicted molar refractivity (Wildman–Crippen MR) is 68.1 cm³/mol. The highest BCUT2D eigenvalue weighted by atomic mass is 32.2. The Kier molecular flexibility index (Phi) is 3.88. The molecule has 1 atom stereocenters. The summed E-state index contributed by atoms with van der Waals surface area (Å²) in [6.45, 7) is 2.82. The maximum absolute atomic E-state index is 12.0. The molecule has 88 valence electrons. The summed E-state index contributed by atoms with van der Waals surface area (Å²) in [4.78, 5) is 16.1. The Morgan fingerprint density at radius 2 is 2.56 bits per heavy atom. The molecule has 0 amide bonds. The number of hydrogen-bond donors (Lipinski definition) is 1. The number of aromatic nitrogens is 2. The molecule has 0 aliphatic carbocycles. The van der Waals surface area contributed by atoms with E-state index < -0.39 is 0 Å². The van der Waals surface area contributed by atoms with E-state index >= 15 is 0 Å². The maximum Gasteiger partial charge on any atom is 0.293 e. The molecule has 1 fully saturated rings. The van der Waals surface area contributed by atoms with Crippen molar-refractivity contribution < 1.29 is 0 Å². The highest BCUT2D eigenvalue weighted by Gasteiger charge is 2.17. The van der Waals surface area contributed by atoms with Gasteiger partial charge in [-0.15, -0.1) is 0 Å². The van der Waals surface area contributed by atoms with E-state index in [4.69, 9.17) is 0 Å². The van der Waals surface area contributed by atoms with Gasteiger partial charge in [-0.2, -0.15) is 11.8 Å². The van der Waals surface area contributed by atoms with E-state index in [0.29, 0.717) is 11.9 Å². The average molecular weight is 239 g/mol.